The first-order chi connectivity index (χ1) is 20.2. The zero-order chi connectivity index (χ0) is 27.1. The molecule has 2 heteroatoms. The van der Waals surface area contributed by atoms with E-state index in [1.165, 1.54) is 33.4 Å². The van der Waals surface area contributed by atoms with Gasteiger partial charge in [0.2, 0.25) is 0 Å². The third kappa shape index (κ3) is 3.08. The molecule has 41 heavy (non-hydrogen) atoms. The Labute approximate surface area is 238 Å². The number of hydrogen-bond acceptors (Lipinski definition) is 2. The van der Waals surface area contributed by atoms with Crippen LogP contribution in [-0.2, 0) is 5.41 Å². The van der Waals surface area contributed by atoms with Crippen LogP contribution in [-0.4, -0.2) is 0 Å². The quantitative estimate of drug-likeness (QED) is 0.223. The number of hydrogen-bond donors (Lipinski definition) is 0. The second-order valence-electron chi connectivity index (χ2n) is 11.7. The van der Waals surface area contributed by atoms with Crippen molar-refractivity contribution in [2.45, 2.75) is 25.2 Å². The molecule has 196 valence electrons. The summed E-state index contributed by atoms with van der Waals surface area (Å²) in [5.74, 6) is 0.371. The van der Waals surface area contributed by atoms with E-state index in [9.17, 15) is 0 Å². The average molecular weight is 529 g/mol. The molecule has 2 heterocycles. The number of benzene rings is 5. The maximum Gasteiger partial charge on any atom is 0.178 e. The smallest absolute Gasteiger partial charge is 0.178 e. The van der Waals surface area contributed by atoms with Crippen LogP contribution in [0.1, 0.15) is 42.0 Å². The molecule has 0 fully saturated rings. The fourth-order valence-corrected chi connectivity index (χ4v) is 7.72. The van der Waals surface area contributed by atoms with Gasteiger partial charge in [0.1, 0.15) is 11.2 Å². The second kappa shape index (κ2) is 8.34. The lowest BCUT2D eigenvalue weighted by Gasteiger charge is -2.46. The van der Waals surface area contributed by atoms with E-state index in [1.54, 1.807) is 0 Å². The molecule has 2 aliphatic rings. The van der Waals surface area contributed by atoms with Crippen LogP contribution < -0.4 is 0 Å². The molecule has 7 aromatic rings. The highest BCUT2D eigenvalue weighted by atomic mass is 16.4. The highest BCUT2D eigenvalue weighted by Gasteiger charge is 2.45. The van der Waals surface area contributed by atoms with Gasteiger partial charge in [-0.25, -0.2) is 0 Å². The Hall–Kier alpha value is -4.82. The first-order valence-corrected chi connectivity index (χ1v) is 14.5. The van der Waals surface area contributed by atoms with E-state index in [1.807, 2.05) is 12.1 Å². The van der Waals surface area contributed by atoms with Crippen molar-refractivity contribution in [3.8, 4) is 0 Å². The van der Waals surface area contributed by atoms with Gasteiger partial charge in [-0.2, -0.15) is 0 Å². The Bertz CT molecular complexity index is 2220. The van der Waals surface area contributed by atoms with E-state index in [0.29, 0.717) is 5.92 Å². The summed E-state index contributed by atoms with van der Waals surface area (Å²) >= 11 is 0. The summed E-state index contributed by atoms with van der Waals surface area (Å²) in [6, 6.07) is 39.4. The zero-order valence-corrected chi connectivity index (χ0v) is 22.9. The summed E-state index contributed by atoms with van der Waals surface area (Å²) in [5.41, 5.74) is 11.4. The molecule has 0 spiro atoms. The van der Waals surface area contributed by atoms with Gasteiger partial charge >= 0.3 is 0 Å². The Kier molecular flexibility index (Phi) is 4.67. The van der Waals surface area contributed by atoms with Gasteiger partial charge in [0, 0.05) is 27.0 Å². The Morgan fingerprint density at radius 1 is 0.659 bits per heavy atom. The maximum absolute atomic E-state index is 6.51. The van der Waals surface area contributed by atoms with Crippen molar-refractivity contribution in [1.29, 1.82) is 0 Å². The summed E-state index contributed by atoms with van der Waals surface area (Å²) in [7, 11) is 0. The standard InChI is InChI=1S/C39H28O2/c1-39(32-16-8-5-14-29(32)36(24-11-3-2-4-12-24)30-15-6-9-17-33(30)39)25-19-22-35-31(23-25)28-21-20-27-26-13-7-10-18-34(26)40-37(27)38(28)41-35/h2-8,10-16,18-23,33H,9,17H2,1H3. The largest absolute Gasteiger partial charge is 0.452 e. The fraction of sp³-hybridized carbons (Fsp3) is 0.128. The summed E-state index contributed by atoms with van der Waals surface area (Å²) in [5, 5.41) is 4.46. The van der Waals surface area contributed by atoms with Crippen molar-refractivity contribution in [3.63, 3.8) is 0 Å². The Balaban J connectivity index is 1.30. The number of furan rings is 2. The molecule has 0 amide bonds. The van der Waals surface area contributed by atoms with Crippen LogP contribution in [0.5, 0.6) is 0 Å². The molecule has 0 saturated carbocycles. The van der Waals surface area contributed by atoms with E-state index < -0.39 is 0 Å². The first kappa shape index (κ1) is 22.9. The van der Waals surface area contributed by atoms with Crippen molar-refractivity contribution in [1.82, 2.24) is 0 Å². The lowest BCUT2D eigenvalue weighted by molar-refractivity contribution is 0.369. The van der Waals surface area contributed by atoms with Gasteiger partial charge in [0.15, 0.2) is 11.2 Å². The van der Waals surface area contributed by atoms with Crippen LogP contribution in [0.3, 0.4) is 0 Å². The molecule has 2 unspecified atom stereocenters. The van der Waals surface area contributed by atoms with Crippen LogP contribution in [0, 0.1) is 5.92 Å². The normalized spacial score (nSPS) is 20.3. The minimum atomic E-state index is -0.184. The SMILES string of the molecule is CC1(c2ccc3oc4c(ccc5c6ccccc6oc54)c3c2)c2ccccc2C(c2ccccc2)=C2C=CCCC21. The van der Waals surface area contributed by atoms with Crippen LogP contribution in [0.15, 0.2) is 136 Å². The number of para-hydroxylation sites is 1. The van der Waals surface area contributed by atoms with E-state index in [-0.39, 0.29) is 5.41 Å². The molecule has 2 aromatic heterocycles. The van der Waals surface area contributed by atoms with Gasteiger partial charge in [-0.3, -0.25) is 0 Å². The third-order valence-electron chi connectivity index (χ3n) is 9.68. The molecular weight excluding hydrogens is 500 g/mol. The van der Waals surface area contributed by atoms with Gasteiger partial charge in [-0.15, -0.1) is 0 Å². The Morgan fingerprint density at radius 2 is 1.37 bits per heavy atom. The van der Waals surface area contributed by atoms with E-state index in [2.05, 4.69) is 116 Å². The molecule has 2 aliphatic carbocycles. The number of fused-ring (bicyclic) bond motifs is 9. The molecule has 2 atom stereocenters. The highest BCUT2D eigenvalue weighted by Crippen LogP contribution is 2.55. The van der Waals surface area contributed by atoms with Crippen molar-refractivity contribution in [2.24, 2.45) is 5.92 Å². The molecule has 0 radical (unpaired) electrons. The summed E-state index contributed by atoms with van der Waals surface area (Å²) in [6.45, 7) is 2.46. The molecule has 0 aliphatic heterocycles. The van der Waals surface area contributed by atoms with Gasteiger partial charge in [0.25, 0.3) is 0 Å². The maximum atomic E-state index is 6.51. The molecule has 0 N–H and O–H groups in total. The lowest BCUT2D eigenvalue weighted by atomic mass is 9.56. The van der Waals surface area contributed by atoms with Gasteiger partial charge in [-0.05, 0) is 82.5 Å². The molecular formula is C39H28O2. The highest BCUT2D eigenvalue weighted by molar-refractivity contribution is 6.18. The Morgan fingerprint density at radius 3 is 2.22 bits per heavy atom. The van der Waals surface area contributed by atoms with Crippen LogP contribution in [0.25, 0.3) is 49.5 Å². The van der Waals surface area contributed by atoms with Crippen molar-refractivity contribution < 1.29 is 8.83 Å². The van der Waals surface area contributed by atoms with Crippen LogP contribution in [0.2, 0.25) is 0 Å². The van der Waals surface area contributed by atoms with Crippen molar-refractivity contribution in [3.05, 3.63) is 149 Å². The molecule has 0 saturated heterocycles. The minimum Gasteiger partial charge on any atom is -0.452 e. The van der Waals surface area contributed by atoms with Gasteiger partial charge in [0.05, 0.1) is 0 Å². The van der Waals surface area contributed by atoms with Crippen molar-refractivity contribution in [2.75, 3.05) is 0 Å². The van der Waals surface area contributed by atoms with Crippen LogP contribution in [0.4, 0.5) is 0 Å². The molecule has 2 nitrogen and oxygen atoms in total. The van der Waals surface area contributed by atoms with Gasteiger partial charge in [-0.1, -0.05) is 97.9 Å². The van der Waals surface area contributed by atoms with E-state index in [4.69, 9.17) is 8.83 Å². The third-order valence-corrected chi connectivity index (χ3v) is 9.68. The van der Waals surface area contributed by atoms with Gasteiger partial charge < -0.3 is 8.83 Å². The topological polar surface area (TPSA) is 26.3 Å². The fourth-order valence-electron chi connectivity index (χ4n) is 7.72. The molecule has 0 bridgehead atoms. The van der Waals surface area contributed by atoms with E-state index in [0.717, 1.165) is 56.7 Å². The monoisotopic (exact) mass is 528 g/mol. The zero-order valence-electron chi connectivity index (χ0n) is 22.9. The molecule has 5 aromatic carbocycles. The first-order valence-electron chi connectivity index (χ1n) is 14.5. The lowest BCUT2D eigenvalue weighted by Crippen LogP contribution is -2.39. The minimum absolute atomic E-state index is 0.184. The summed E-state index contributed by atoms with van der Waals surface area (Å²) < 4.78 is 12.8. The predicted octanol–water partition coefficient (Wildman–Crippen LogP) is 10.6. The predicted molar refractivity (Wildman–Crippen MR) is 168 cm³/mol. The summed E-state index contributed by atoms with van der Waals surface area (Å²) in [6.07, 6.45) is 6.97. The number of rotatable bonds is 2. The average Bonchev–Trinajstić information content (AvgIpc) is 3.60. The molecule has 9 rings (SSSR count). The van der Waals surface area contributed by atoms with Crippen LogP contribution >= 0.6 is 0 Å². The van der Waals surface area contributed by atoms with Crippen molar-refractivity contribution >= 4 is 49.5 Å². The second-order valence-corrected chi connectivity index (χ2v) is 11.7. The summed E-state index contributed by atoms with van der Waals surface area (Å²) in [4.78, 5) is 0. The number of allylic oxidation sites excluding steroid dienone is 3. The van der Waals surface area contributed by atoms with E-state index >= 15 is 0 Å².